The monoisotopic (exact) mass is 650 g/mol. The average Bonchev–Trinajstić information content (AvgIpc) is 3.69. The molecular weight excluding hydrogens is 621 g/mol. The number of rotatable bonds is 10. The second kappa shape index (κ2) is 13.5. The predicted molar refractivity (Wildman–Crippen MR) is 176 cm³/mol. The number of carbonyl (C=O) groups excluding carboxylic acids is 2. The van der Waals surface area contributed by atoms with Crippen LogP contribution in [0, 0.1) is 11.3 Å². The Morgan fingerprint density at radius 2 is 1.65 bits per heavy atom. The lowest BCUT2D eigenvalue weighted by atomic mass is 10.1. The Morgan fingerprint density at radius 1 is 0.935 bits per heavy atom. The first kappa shape index (κ1) is 31.0. The van der Waals surface area contributed by atoms with Gasteiger partial charge in [-0.3, -0.25) is 10.1 Å². The van der Waals surface area contributed by atoms with Crippen LogP contribution in [0.4, 0.5) is 10.5 Å². The number of benzene rings is 4. The maximum absolute atomic E-state index is 14.3. The fourth-order valence-corrected chi connectivity index (χ4v) is 7.92. The molecule has 2 amide bonds. The van der Waals surface area contributed by atoms with Crippen LogP contribution in [-0.2, 0) is 39.3 Å². The molecule has 9 nitrogen and oxygen atoms in total. The minimum absolute atomic E-state index is 0.0257. The SMILES string of the molecule is N#Cc1ccc(CN2CC[C@H](N(Cc3ccccc3)S(=O)(=O)c3ccc4ccc(NC(=O)OCc5ccccc5)cc4c3)C2=O)s1. The molecule has 5 aromatic rings. The van der Waals surface area contributed by atoms with Crippen LogP contribution in [0.5, 0.6) is 0 Å². The van der Waals surface area contributed by atoms with E-state index in [4.69, 9.17) is 4.74 Å². The van der Waals surface area contributed by atoms with Crippen LogP contribution in [0.15, 0.2) is 114 Å². The molecule has 1 N–H and O–H groups in total. The molecule has 6 rings (SSSR count). The predicted octanol–water partition coefficient (Wildman–Crippen LogP) is 6.51. The first-order valence-corrected chi connectivity index (χ1v) is 16.9. The van der Waals surface area contributed by atoms with E-state index in [9.17, 15) is 23.3 Å². The van der Waals surface area contributed by atoms with Crippen molar-refractivity contribution < 1.29 is 22.7 Å². The number of thiophene rings is 1. The Labute approximate surface area is 271 Å². The summed E-state index contributed by atoms with van der Waals surface area (Å²) < 4.78 is 35.3. The lowest BCUT2D eigenvalue weighted by Gasteiger charge is -2.27. The molecule has 46 heavy (non-hydrogen) atoms. The number of amides is 2. The van der Waals surface area contributed by atoms with Gasteiger partial charge in [0.1, 0.15) is 23.6 Å². The summed E-state index contributed by atoms with van der Waals surface area (Å²) in [5, 5.41) is 13.3. The van der Waals surface area contributed by atoms with Crippen LogP contribution < -0.4 is 5.32 Å². The zero-order valence-electron chi connectivity index (χ0n) is 24.7. The number of nitrogens with one attached hydrogen (secondary N) is 1. The zero-order chi connectivity index (χ0) is 32.1. The molecule has 4 aromatic carbocycles. The maximum atomic E-state index is 14.3. The van der Waals surface area contributed by atoms with Crippen LogP contribution in [0.25, 0.3) is 10.8 Å². The molecular formula is C35H30N4O5S2. The van der Waals surface area contributed by atoms with Gasteiger partial charge in [-0.1, -0.05) is 72.8 Å². The maximum Gasteiger partial charge on any atom is 0.411 e. The van der Waals surface area contributed by atoms with Crippen molar-refractivity contribution >= 4 is 49.8 Å². The van der Waals surface area contributed by atoms with E-state index in [-0.39, 0.29) is 24.0 Å². The van der Waals surface area contributed by atoms with Crippen LogP contribution in [0.2, 0.25) is 0 Å². The molecule has 232 valence electrons. The summed E-state index contributed by atoms with van der Waals surface area (Å²) in [6.45, 7) is 0.862. The van der Waals surface area contributed by atoms with Crippen molar-refractivity contribution in [3.63, 3.8) is 0 Å². The van der Waals surface area contributed by atoms with E-state index in [0.717, 1.165) is 21.4 Å². The fraction of sp³-hybridized carbons (Fsp3) is 0.171. The van der Waals surface area contributed by atoms with Crippen molar-refractivity contribution in [1.29, 1.82) is 5.26 Å². The molecule has 0 saturated carbocycles. The zero-order valence-corrected chi connectivity index (χ0v) is 26.3. The largest absolute Gasteiger partial charge is 0.444 e. The summed E-state index contributed by atoms with van der Waals surface area (Å²) in [6, 6.07) is 33.3. The Balaban J connectivity index is 1.25. The molecule has 11 heteroatoms. The third-order valence-electron chi connectivity index (χ3n) is 7.79. The second-order valence-corrected chi connectivity index (χ2v) is 13.9. The molecule has 0 aliphatic carbocycles. The van der Waals surface area contributed by atoms with Crippen LogP contribution in [-0.4, -0.2) is 42.2 Å². The van der Waals surface area contributed by atoms with Gasteiger partial charge in [-0.05, 0) is 64.7 Å². The van der Waals surface area contributed by atoms with E-state index in [1.165, 1.54) is 15.6 Å². The molecule has 1 saturated heterocycles. The highest BCUT2D eigenvalue weighted by molar-refractivity contribution is 7.89. The standard InChI is InChI=1S/C35H30N4O5S2/c36-21-30-14-15-31(45-30)23-38-18-17-33(34(38)40)39(22-25-7-3-1-4-8-25)46(42,43)32-16-12-27-11-13-29(19-28(27)20-32)37-35(41)44-24-26-9-5-2-6-10-26/h1-16,19-20,33H,17-18,22-24H2,(H,37,41)/t33-/m0/s1. The number of carbonyl (C=O) groups is 2. The van der Waals surface area contributed by atoms with Crippen molar-refractivity contribution in [3.05, 3.63) is 130 Å². The van der Waals surface area contributed by atoms with Crippen molar-refractivity contribution in [2.75, 3.05) is 11.9 Å². The molecule has 1 aliphatic rings. The molecule has 0 radical (unpaired) electrons. The summed E-state index contributed by atoms with van der Waals surface area (Å²) in [7, 11) is -4.14. The lowest BCUT2D eigenvalue weighted by molar-refractivity contribution is -0.131. The van der Waals surface area contributed by atoms with Crippen LogP contribution >= 0.6 is 11.3 Å². The van der Waals surface area contributed by atoms with E-state index in [2.05, 4.69) is 11.4 Å². The van der Waals surface area contributed by atoms with Crippen molar-refractivity contribution in [2.45, 2.75) is 37.1 Å². The molecule has 0 spiro atoms. The van der Waals surface area contributed by atoms with Gasteiger partial charge in [0.25, 0.3) is 0 Å². The number of hydrogen-bond donors (Lipinski definition) is 1. The molecule has 2 heterocycles. The number of hydrogen-bond acceptors (Lipinski definition) is 7. The highest BCUT2D eigenvalue weighted by atomic mass is 32.2. The number of likely N-dealkylation sites (tertiary alicyclic amines) is 1. The molecule has 1 fully saturated rings. The van der Waals surface area contributed by atoms with Gasteiger partial charge in [-0.2, -0.15) is 9.57 Å². The average molecular weight is 651 g/mol. The van der Waals surface area contributed by atoms with E-state index >= 15 is 0 Å². The summed E-state index contributed by atoms with van der Waals surface area (Å²) in [6.07, 6.45) is -0.287. The van der Waals surface area contributed by atoms with Gasteiger partial charge in [-0.25, -0.2) is 13.2 Å². The molecule has 1 atom stereocenters. The van der Waals surface area contributed by atoms with Crippen LogP contribution in [0.3, 0.4) is 0 Å². The van der Waals surface area contributed by atoms with E-state index in [0.29, 0.717) is 35.5 Å². The van der Waals surface area contributed by atoms with Gasteiger partial charge >= 0.3 is 6.09 Å². The fourth-order valence-electron chi connectivity index (χ4n) is 5.46. The van der Waals surface area contributed by atoms with Gasteiger partial charge in [0.05, 0.1) is 11.4 Å². The third kappa shape index (κ3) is 6.94. The Hall–Kier alpha value is -5.02. The second-order valence-electron chi connectivity index (χ2n) is 10.9. The van der Waals surface area contributed by atoms with Gasteiger partial charge in [-0.15, -0.1) is 11.3 Å². The summed E-state index contributed by atoms with van der Waals surface area (Å²) in [5.41, 5.74) is 2.07. The van der Waals surface area contributed by atoms with Crippen LogP contribution in [0.1, 0.15) is 27.3 Å². The molecule has 1 aliphatic heterocycles. The minimum atomic E-state index is -4.14. The van der Waals surface area contributed by atoms with Crippen molar-refractivity contribution in [1.82, 2.24) is 9.21 Å². The first-order valence-electron chi connectivity index (χ1n) is 14.6. The Bertz CT molecular complexity index is 2020. The number of ether oxygens (including phenoxy) is 1. The van der Waals surface area contributed by atoms with E-state index in [1.54, 1.807) is 47.4 Å². The first-order chi connectivity index (χ1) is 22.3. The van der Waals surface area contributed by atoms with E-state index in [1.807, 2.05) is 66.7 Å². The number of nitrogens with zero attached hydrogens (tertiary/aromatic N) is 3. The molecule has 1 aromatic heterocycles. The molecule has 0 bridgehead atoms. The lowest BCUT2D eigenvalue weighted by Crippen LogP contribution is -2.44. The smallest absolute Gasteiger partial charge is 0.411 e. The Kier molecular flexibility index (Phi) is 9.12. The highest BCUT2D eigenvalue weighted by Crippen LogP contribution is 2.31. The highest BCUT2D eigenvalue weighted by Gasteiger charge is 2.42. The summed E-state index contributed by atoms with van der Waals surface area (Å²) in [4.78, 5) is 29.3. The third-order valence-corrected chi connectivity index (χ3v) is 10.6. The number of fused-ring (bicyclic) bond motifs is 1. The van der Waals surface area contributed by atoms with Gasteiger partial charge in [0.15, 0.2) is 0 Å². The number of anilines is 1. The minimum Gasteiger partial charge on any atom is -0.444 e. The van der Waals surface area contributed by atoms with Gasteiger partial charge < -0.3 is 9.64 Å². The van der Waals surface area contributed by atoms with Crippen molar-refractivity contribution in [3.8, 4) is 6.07 Å². The number of sulfonamides is 1. The number of nitriles is 1. The normalized spacial score (nSPS) is 14.8. The van der Waals surface area contributed by atoms with Gasteiger partial charge in [0, 0.05) is 23.7 Å². The van der Waals surface area contributed by atoms with Gasteiger partial charge in [0.2, 0.25) is 15.9 Å². The van der Waals surface area contributed by atoms with E-state index < -0.39 is 22.2 Å². The summed E-state index contributed by atoms with van der Waals surface area (Å²) >= 11 is 1.32. The van der Waals surface area contributed by atoms with Crippen molar-refractivity contribution in [2.24, 2.45) is 0 Å². The summed E-state index contributed by atoms with van der Waals surface area (Å²) in [5.74, 6) is -0.271. The topological polar surface area (TPSA) is 120 Å². The Morgan fingerprint density at radius 3 is 2.37 bits per heavy atom. The molecule has 0 unspecified atom stereocenters. The quantitative estimate of drug-likeness (QED) is 0.184.